The highest BCUT2D eigenvalue weighted by Gasteiger charge is 2.38. The molecule has 2 heteroatoms. The lowest BCUT2D eigenvalue weighted by Gasteiger charge is -2.42. The van der Waals surface area contributed by atoms with Crippen LogP contribution in [-0.4, -0.2) is 4.57 Å². The smallest absolute Gasteiger partial charge is 0.0561 e. The lowest BCUT2D eigenvalue weighted by atomic mass is 9.63. The first-order valence-corrected chi connectivity index (χ1v) is 19.9. The molecule has 2 aliphatic carbocycles. The number of aromatic nitrogens is 1. The normalized spacial score (nSPS) is 16.1. The molecule has 55 heavy (non-hydrogen) atoms. The van der Waals surface area contributed by atoms with Crippen molar-refractivity contribution in [3.63, 3.8) is 0 Å². The van der Waals surface area contributed by atoms with Crippen molar-refractivity contribution < 1.29 is 0 Å². The summed E-state index contributed by atoms with van der Waals surface area (Å²) in [5.41, 5.74) is 18.1. The molecule has 0 amide bonds. The second-order valence-corrected chi connectivity index (χ2v) is 17.7. The Labute approximate surface area is 325 Å². The van der Waals surface area contributed by atoms with E-state index >= 15 is 0 Å². The third kappa shape index (κ3) is 5.22. The number of para-hydroxylation sites is 1. The maximum atomic E-state index is 2.50. The average Bonchev–Trinajstić information content (AvgIpc) is 3.65. The van der Waals surface area contributed by atoms with E-state index in [1.807, 2.05) is 0 Å². The lowest BCUT2D eigenvalue weighted by Crippen LogP contribution is -2.33. The van der Waals surface area contributed by atoms with E-state index in [1.165, 1.54) is 84.8 Å². The maximum absolute atomic E-state index is 2.50. The van der Waals surface area contributed by atoms with Gasteiger partial charge >= 0.3 is 0 Å². The van der Waals surface area contributed by atoms with Crippen LogP contribution in [0.5, 0.6) is 0 Å². The summed E-state index contributed by atoms with van der Waals surface area (Å²) < 4.78 is 2.50. The summed E-state index contributed by atoms with van der Waals surface area (Å²) >= 11 is 0. The molecule has 0 saturated carbocycles. The van der Waals surface area contributed by atoms with Gasteiger partial charge in [-0.05, 0) is 123 Å². The first-order chi connectivity index (χ1) is 26.5. The van der Waals surface area contributed by atoms with Crippen molar-refractivity contribution in [3.8, 4) is 27.9 Å². The Morgan fingerprint density at radius 1 is 0.418 bits per heavy atom. The van der Waals surface area contributed by atoms with Gasteiger partial charge in [0.1, 0.15) is 0 Å². The second-order valence-electron chi connectivity index (χ2n) is 17.7. The zero-order chi connectivity index (χ0) is 37.7. The number of rotatable bonds is 5. The molecule has 1 aromatic heterocycles. The number of hydrogen-bond donors (Lipinski definition) is 0. The fourth-order valence-corrected chi connectivity index (χ4v) is 9.82. The summed E-state index contributed by atoms with van der Waals surface area (Å²) in [6, 6.07) is 59.0. The summed E-state index contributed by atoms with van der Waals surface area (Å²) in [7, 11) is 0. The van der Waals surface area contributed by atoms with Gasteiger partial charge in [-0.3, -0.25) is 0 Å². The molecular weight excluding hydrogens is 665 g/mol. The number of nitrogens with zero attached hydrogens (tertiary/aromatic N) is 2. The lowest BCUT2D eigenvalue weighted by molar-refractivity contribution is 0.332. The van der Waals surface area contributed by atoms with Crippen LogP contribution in [0.3, 0.4) is 0 Å². The standard InChI is InChI=1S/C53H48N2/c1-51(2)30-31-52(3,4)48-33-39(26-29-47(48)51)55-49-19-13-11-17-42(49)43-27-24-40(34-50(43)55)54(37-22-20-36(21-23-37)35-14-8-7-9-15-35)38-25-28-46-44(32-38)41-16-10-12-18-45(41)53(46,5)6/h7-29,32-34H,30-31H2,1-6H3. The predicted molar refractivity (Wildman–Crippen MR) is 234 cm³/mol. The zero-order valence-electron chi connectivity index (χ0n) is 32.8. The van der Waals surface area contributed by atoms with Gasteiger partial charge < -0.3 is 9.47 Å². The van der Waals surface area contributed by atoms with Crippen molar-refractivity contribution in [1.29, 1.82) is 0 Å². The summed E-state index contributed by atoms with van der Waals surface area (Å²) in [4.78, 5) is 2.45. The van der Waals surface area contributed by atoms with E-state index < -0.39 is 0 Å². The minimum Gasteiger partial charge on any atom is -0.310 e. The van der Waals surface area contributed by atoms with Crippen LogP contribution >= 0.6 is 0 Å². The number of benzene rings is 7. The second kappa shape index (κ2) is 12.1. The molecule has 0 N–H and O–H groups in total. The van der Waals surface area contributed by atoms with Crippen LogP contribution in [0.2, 0.25) is 0 Å². The molecule has 0 fully saturated rings. The van der Waals surface area contributed by atoms with Crippen molar-refractivity contribution in [2.45, 2.75) is 70.6 Å². The van der Waals surface area contributed by atoms with Gasteiger partial charge in [0.25, 0.3) is 0 Å². The van der Waals surface area contributed by atoms with Crippen LogP contribution in [0.1, 0.15) is 76.6 Å². The topological polar surface area (TPSA) is 8.17 Å². The van der Waals surface area contributed by atoms with Crippen molar-refractivity contribution in [1.82, 2.24) is 4.57 Å². The highest BCUT2D eigenvalue weighted by atomic mass is 15.1. The quantitative estimate of drug-likeness (QED) is 0.172. The van der Waals surface area contributed by atoms with Crippen LogP contribution in [0.25, 0.3) is 49.7 Å². The number of fused-ring (bicyclic) bond motifs is 7. The van der Waals surface area contributed by atoms with Gasteiger partial charge in [-0.25, -0.2) is 0 Å². The molecule has 0 bridgehead atoms. The summed E-state index contributed by atoms with van der Waals surface area (Å²) in [5.74, 6) is 0. The van der Waals surface area contributed by atoms with Crippen LogP contribution in [-0.2, 0) is 16.2 Å². The van der Waals surface area contributed by atoms with Crippen molar-refractivity contribution >= 4 is 38.9 Å². The Kier molecular flexibility index (Phi) is 7.39. The largest absolute Gasteiger partial charge is 0.310 e. The number of anilines is 3. The van der Waals surface area contributed by atoms with Gasteiger partial charge in [0, 0.05) is 38.9 Å². The molecule has 0 unspecified atom stereocenters. The molecular formula is C53H48N2. The minimum atomic E-state index is -0.0505. The van der Waals surface area contributed by atoms with Crippen LogP contribution in [0.15, 0.2) is 158 Å². The molecule has 0 aliphatic heterocycles. The SMILES string of the molecule is CC1(C)CCC(C)(C)c2cc(-n3c4ccccc4c4ccc(N(c5ccc(-c6ccccc6)cc5)c5ccc6c(c5)-c5ccccc5C6(C)C)cc43)ccc21. The maximum Gasteiger partial charge on any atom is 0.0561 e. The van der Waals surface area contributed by atoms with Crippen LogP contribution in [0.4, 0.5) is 17.1 Å². The molecule has 0 saturated heterocycles. The van der Waals surface area contributed by atoms with Crippen LogP contribution < -0.4 is 4.90 Å². The monoisotopic (exact) mass is 712 g/mol. The third-order valence-corrected chi connectivity index (χ3v) is 13.1. The Balaban J connectivity index is 1.19. The third-order valence-electron chi connectivity index (χ3n) is 13.1. The zero-order valence-corrected chi connectivity index (χ0v) is 32.8. The number of hydrogen-bond acceptors (Lipinski definition) is 1. The van der Waals surface area contributed by atoms with E-state index in [2.05, 4.69) is 209 Å². The Morgan fingerprint density at radius 3 is 1.80 bits per heavy atom. The average molecular weight is 713 g/mol. The molecule has 8 aromatic rings. The van der Waals surface area contributed by atoms with Gasteiger partial charge in [-0.1, -0.05) is 145 Å². The Bertz CT molecular complexity index is 2780. The van der Waals surface area contributed by atoms with Gasteiger partial charge in [-0.2, -0.15) is 0 Å². The molecule has 2 nitrogen and oxygen atoms in total. The van der Waals surface area contributed by atoms with Gasteiger partial charge in [0.05, 0.1) is 11.0 Å². The molecule has 270 valence electrons. The van der Waals surface area contributed by atoms with Gasteiger partial charge in [0.15, 0.2) is 0 Å². The summed E-state index contributed by atoms with van der Waals surface area (Å²) in [6.07, 6.45) is 2.40. The highest BCUT2D eigenvalue weighted by Crippen LogP contribution is 2.51. The van der Waals surface area contributed by atoms with Crippen LogP contribution in [0, 0.1) is 0 Å². The molecule has 0 radical (unpaired) electrons. The van der Waals surface area contributed by atoms with E-state index in [4.69, 9.17) is 0 Å². The summed E-state index contributed by atoms with van der Waals surface area (Å²) in [5, 5.41) is 2.54. The van der Waals surface area contributed by atoms with Gasteiger partial charge in [-0.15, -0.1) is 0 Å². The van der Waals surface area contributed by atoms with Crippen molar-refractivity contribution in [2.24, 2.45) is 0 Å². The molecule has 2 aliphatic rings. The fourth-order valence-electron chi connectivity index (χ4n) is 9.82. The summed E-state index contributed by atoms with van der Waals surface area (Å²) in [6.45, 7) is 14.4. The van der Waals surface area contributed by atoms with E-state index in [9.17, 15) is 0 Å². The van der Waals surface area contributed by atoms with E-state index in [1.54, 1.807) is 0 Å². The van der Waals surface area contributed by atoms with Crippen molar-refractivity contribution in [3.05, 3.63) is 180 Å². The minimum absolute atomic E-state index is 0.0505. The molecule has 0 spiro atoms. The van der Waals surface area contributed by atoms with E-state index in [0.717, 1.165) is 17.1 Å². The van der Waals surface area contributed by atoms with E-state index in [-0.39, 0.29) is 16.2 Å². The molecule has 1 heterocycles. The Hall–Kier alpha value is -5.86. The molecule has 0 atom stereocenters. The molecule has 10 rings (SSSR count). The van der Waals surface area contributed by atoms with Crippen molar-refractivity contribution in [2.75, 3.05) is 4.90 Å². The molecule has 7 aromatic carbocycles. The first-order valence-electron chi connectivity index (χ1n) is 19.9. The highest BCUT2D eigenvalue weighted by molar-refractivity contribution is 6.10. The Morgan fingerprint density at radius 2 is 1.00 bits per heavy atom. The fraction of sp³-hybridized carbons (Fsp3) is 0.208. The van der Waals surface area contributed by atoms with Gasteiger partial charge in [0.2, 0.25) is 0 Å². The predicted octanol–water partition coefficient (Wildman–Crippen LogP) is 14.6. The van der Waals surface area contributed by atoms with E-state index in [0.29, 0.717) is 0 Å². The first kappa shape index (κ1) is 33.7.